The maximum atomic E-state index is 13.8. The maximum absolute atomic E-state index is 13.8. The first-order valence-electron chi connectivity index (χ1n) is 16.3. The van der Waals surface area contributed by atoms with Crippen LogP contribution in [0.2, 0.25) is 5.02 Å². The Bertz CT molecular complexity index is 1550. The highest BCUT2D eigenvalue weighted by Gasteiger charge is 2.48. The van der Waals surface area contributed by atoms with E-state index in [1.807, 2.05) is 24.3 Å². The number of nitrogens with one attached hydrogen (secondary N) is 2. The molecule has 2 fully saturated rings. The molecule has 1 saturated heterocycles. The van der Waals surface area contributed by atoms with Crippen molar-refractivity contribution in [1.29, 1.82) is 0 Å². The fraction of sp³-hybridized carbons (Fsp3) is 0.528. The highest BCUT2D eigenvalue weighted by atomic mass is 35.5. The van der Waals surface area contributed by atoms with Crippen molar-refractivity contribution < 1.29 is 19.1 Å². The van der Waals surface area contributed by atoms with E-state index in [2.05, 4.69) is 36.3 Å². The van der Waals surface area contributed by atoms with Crippen LogP contribution in [0.3, 0.4) is 0 Å². The van der Waals surface area contributed by atoms with Gasteiger partial charge in [-0.1, -0.05) is 49.1 Å². The summed E-state index contributed by atoms with van der Waals surface area (Å²) in [7, 11) is 0. The van der Waals surface area contributed by atoms with Crippen LogP contribution in [0.4, 0.5) is 0 Å². The summed E-state index contributed by atoms with van der Waals surface area (Å²) in [4.78, 5) is 42.3. The predicted octanol–water partition coefficient (Wildman–Crippen LogP) is 6.46. The first-order chi connectivity index (χ1) is 21.4. The molecule has 1 atom stereocenters. The summed E-state index contributed by atoms with van der Waals surface area (Å²) in [6.45, 7) is 8.56. The summed E-state index contributed by atoms with van der Waals surface area (Å²) in [6, 6.07) is 13.0. The molecule has 2 aliphatic rings. The van der Waals surface area contributed by atoms with Gasteiger partial charge in [-0.15, -0.1) is 0 Å². The van der Waals surface area contributed by atoms with Crippen LogP contribution in [0.1, 0.15) is 88.3 Å². The van der Waals surface area contributed by atoms with Crippen LogP contribution in [-0.2, 0) is 11.2 Å². The molecule has 2 heterocycles. The molecule has 0 radical (unpaired) electrons. The molecule has 2 amide bonds. The normalized spacial score (nSPS) is 18.4. The van der Waals surface area contributed by atoms with Gasteiger partial charge in [0.25, 0.3) is 5.91 Å². The average molecular weight is 636 g/mol. The van der Waals surface area contributed by atoms with Crippen molar-refractivity contribution in [3.05, 3.63) is 75.1 Å². The van der Waals surface area contributed by atoms with E-state index in [1.54, 1.807) is 12.1 Å². The Morgan fingerprint density at radius 2 is 1.76 bits per heavy atom. The van der Waals surface area contributed by atoms with Gasteiger partial charge in [-0.2, -0.15) is 0 Å². The minimum atomic E-state index is -0.509. The van der Waals surface area contributed by atoms with E-state index in [0.717, 1.165) is 50.9 Å². The SMILES string of the molecule is CC(C)(C)NC(=O)C1(C2CCCCC2)CCN(CC[C@H](Cc2ccc(Cl)cc2)NC(=O)c2cc(=O)c3cccc(O)c3o2)CC1. The second-order valence-corrected chi connectivity index (χ2v) is 14.4. The molecule has 0 unspecified atom stereocenters. The van der Waals surface area contributed by atoms with E-state index in [4.69, 9.17) is 16.0 Å². The van der Waals surface area contributed by atoms with Gasteiger partial charge < -0.3 is 25.1 Å². The van der Waals surface area contributed by atoms with E-state index < -0.39 is 11.3 Å². The van der Waals surface area contributed by atoms with Crippen LogP contribution in [0.25, 0.3) is 11.0 Å². The maximum Gasteiger partial charge on any atom is 0.287 e. The monoisotopic (exact) mass is 635 g/mol. The second-order valence-electron chi connectivity index (χ2n) is 14.0. The fourth-order valence-electron chi connectivity index (χ4n) is 7.12. The molecular weight excluding hydrogens is 590 g/mol. The van der Waals surface area contributed by atoms with Crippen molar-refractivity contribution in [2.24, 2.45) is 11.3 Å². The molecular formula is C36H46ClN3O5. The molecule has 1 aromatic heterocycles. The van der Waals surface area contributed by atoms with E-state index in [1.165, 1.54) is 31.4 Å². The smallest absolute Gasteiger partial charge is 0.287 e. The zero-order valence-corrected chi connectivity index (χ0v) is 27.4. The Labute approximate surface area is 270 Å². The Balaban J connectivity index is 1.29. The first-order valence-corrected chi connectivity index (χ1v) is 16.7. The van der Waals surface area contributed by atoms with Gasteiger partial charge in [0, 0.05) is 29.2 Å². The van der Waals surface area contributed by atoms with Crippen LogP contribution < -0.4 is 16.1 Å². The van der Waals surface area contributed by atoms with Gasteiger partial charge >= 0.3 is 0 Å². The topological polar surface area (TPSA) is 112 Å². The number of amides is 2. The van der Waals surface area contributed by atoms with Crippen LogP contribution in [-0.4, -0.2) is 53.0 Å². The van der Waals surface area contributed by atoms with E-state index in [0.29, 0.717) is 23.8 Å². The molecule has 0 spiro atoms. The number of phenols is 1. The van der Waals surface area contributed by atoms with E-state index >= 15 is 0 Å². The van der Waals surface area contributed by atoms with E-state index in [9.17, 15) is 19.5 Å². The van der Waals surface area contributed by atoms with Gasteiger partial charge in [-0.3, -0.25) is 14.4 Å². The number of aromatic hydroxyl groups is 1. The standard InChI is InChI=1S/C36H46ClN3O5/c1-35(2,3)39-34(44)36(25-8-5-4-6-9-25)17-20-40(21-18-36)19-16-27(22-24-12-14-26(37)15-13-24)38-33(43)31-23-30(42)28-10-7-11-29(41)32(28)45-31/h7,10-15,23,25,27,41H,4-6,8-9,16-22H2,1-3H3,(H,38,43)(H,39,44)/t27-/m1/s1. The molecule has 0 bridgehead atoms. The second kappa shape index (κ2) is 14.0. The van der Waals surface area contributed by atoms with Gasteiger partial charge in [0.2, 0.25) is 5.91 Å². The Morgan fingerprint density at radius 3 is 2.42 bits per heavy atom. The van der Waals surface area contributed by atoms with Crippen molar-refractivity contribution in [2.45, 2.75) is 90.1 Å². The molecule has 5 rings (SSSR count). The summed E-state index contributed by atoms with van der Waals surface area (Å²) in [5, 5.41) is 17.5. The van der Waals surface area contributed by atoms with Gasteiger partial charge in [-0.05, 0) is 108 Å². The number of rotatable bonds is 9. The van der Waals surface area contributed by atoms with Crippen molar-refractivity contribution >= 4 is 34.4 Å². The van der Waals surface area contributed by atoms with Gasteiger partial charge in [0.05, 0.1) is 10.8 Å². The number of carbonyl (C=O) groups is 2. The Morgan fingerprint density at radius 1 is 1.07 bits per heavy atom. The minimum Gasteiger partial charge on any atom is -0.504 e. The zero-order valence-electron chi connectivity index (χ0n) is 26.7. The van der Waals surface area contributed by atoms with Crippen molar-refractivity contribution in [3.8, 4) is 5.75 Å². The predicted molar refractivity (Wildman–Crippen MR) is 178 cm³/mol. The highest BCUT2D eigenvalue weighted by molar-refractivity contribution is 6.30. The molecule has 3 aromatic rings. The Hall–Kier alpha value is -3.36. The molecule has 242 valence electrons. The molecule has 1 aliphatic carbocycles. The zero-order chi connectivity index (χ0) is 32.2. The van der Waals surface area contributed by atoms with Crippen LogP contribution in [0.5, 0.6) is 5.75 Å². The number of piperidine rings is 1. The lowest BCUT2D eigenvalue weighted by atomic mass is 9.63. The summed E-state index contributed by atoms with van der Waals surface area (Å²) in [5.41, 5.74) is 0.0225. The molecule has 1 aliphatic heterocycles. The Kier molecular flexibility index (Phi) is 10.2. The largest absolute Gasteiger partial charge is 0.504 e. The third-order valence-electron chi connectivity index (χ3n) is 9.56. The van der Waals surface area contributed by atoms with Crippen LogP contribution >= 0.6 is 11.6 Å². The average Bonchev–Trinajstić information content (AvgIpc) is 3.01. The fourth-order valence-corrected chi connectivity index (χ4v) is 7.24. The summed E-state index contributed by atoms with van der Waals surface area (Å²) in [5.74, 6) is -0.219. The molecule has 9 heteroatoms. The number of likely N-dealkylation sites (tertiary alicyclic amines) is 1. The number of benzene rings is 2. The number of phenolic OH excluding ortho intramolecular Hbond substituents is 1. The molecule has 3 N–H and O–H groups in total. The van der Waals surface area contributed by atoms with Crippen LogP contribution in [0.15, 0.2) is 57.7 Å². The lowest BCUT2D eigenvalue weighted by Gasteiger charge is -2.47. The molecule has 8 nitrogen and oxygen atoms in total. The van der Waals surface area contributed by atoms with Crippen molar-refractivity contribution in [2.75, 3.05) is 19.6 Å². The van der Waals surface area contributed by atoms with Crippen molar-refractivity contribution in [3.63, 3.8) is 0 Å². The molecule has 2 aromatic carbocycles. The number of halogens is 1. The molecule has 1 saturated carbocycles. The highest BCUT2D eigenvalue weighted by Crippen LogP contribution is 2.46. The summed E-state index contributed by atoms with van der Waals surface area (Å²) >= 11 is 6.12. The van der Waals surface area contributed by atoms with Crippen molar-refractivity contribution in [1.82, 2.24) is 15.5 Å². The summed E-state index contributed by atoms with van der Waals surface area (Å²) < 4.78 is 5.71. The summed E-state index contributed by atoms with van der Waals surface area (Å²) in [6.07, 6.45) is 8.79. The number of fused-ring (bicyclic) bond motifs is 1. The molecule has 45 heavy (non-hydrogen) atoms. The van der Waals surface area contributed by atoms with Crippen LogP contribution in [0, 0.1) is 11.3 Å². The quantitative estimate of drug-likeness (QED) is 0.249. The first kappa shape index (κ1) is 33.0. The number of nitrogens with zero attached hydrogens (tertiary/aromatic N) is 1. The number of carbonyl (C=O) groups excluding carboxylic acids is 2. The van der Waals surface area contributed by atoms with Gasteiger partial charge in [-0.25, -0.2) is 0 Å². The van der Waals surface area contributed by atoms with Gasteiger partial charge in [0.1, 0.15) is 0 Å². The third-order valence-corrected chi connectivity index (χ3v) is 9.81. The number of para-hydroxylation sites is 1. The number of hydrogen-bond acceptors (Lipinski definition) is 6. The van der Waals surface area contributed by atoms with Gasteiger partial charge in [0.15, 0.2) is 22.5 Å². The number of hydrogen-bond donors (Lipinski definition) is 3. The van der Waals surface area contributed by atoms with E-state index in [-0.39, 0.29) is 45.4 Å². The lowest BCUT2D eigenvalue weighted by Crippen LogP contribution is -2.56. The lowest BCUT2D eigenvalue weighted by molar-refractivity contribution is -0.141. The minimum absolute atomic E-state index is 0.00494. The third kappa shape index (κ3) is 8.08.